The van der Waals surface area contributed by atoms with Gasteiger partial charge < -0.3 is 19.2 Å². The van der Waals surface area contributed by atoms with Crippen LogP contribution >= 0.6 is 0 Å². The Hall–Kier alpha value is -2.38. The fraction of sp³-hybridized carbons (Fsp3) is 0.545. The van der Waals surface area contributed by atoms with Crippen molar-refractivity contribution < 1.29 is 14.2 Å². The molecule has 1 aromatic heterocycles. The van der Waals surface area contributed by atoms with Crippen molar-refractivity contribution in [3.8, 4) is 11.5 Å². The highest BCUT2D eigenvalue weighted by Gasteiger charge is 2.38. The smallest absolute Gasteiger partial charge is 0.254 e. The van der Waals surface area contributed by atoms with Gasteiger partial charge in [0, 0.05) is 37.7 Å². The van der Waals surface area contributed by atoms with Crippen molar-refractivity contribution >= 4 is 0 Å². The molecular formula is C22H29N3O4. The topological polar surface area (TPSA) is 76.7 Å². The lowest BCUT2D eigenvalue weighted by atomic mass is 9.98. The number of aryl methyl sites for hydroxylation is 1. The van der Waals surface area contributed by atoms with Gasteiger partial charge in [-0.3, -0.25) is 9.69 Å². The summed E-state index contributed by atoms with van der Waals surface area (Å²) in [4.78, 5) is 22.5. The van der Waals surface area contributed by atoms with Crippen molar-refractivity contribution in [2.45, 2.75) is 51.2 Å². The van der Waals surface area contributed by atoms with E-state index in [2.05, 4.69) is 27.0 Å². The highest BCUT2D eigenvalue weighted by molar-refractivity contribution is 5.43. The van der Waals surface area contributed by atoms with Gasteiger partial charge in [0.05, 0.1) is 19.4 Å². The van der Waals surface area contributed by atoms with E-state index in [0.29, 0.717) is 31.1 Å². The lowest BCUT2D eigenvalue weighted by Gasteiger charge is -2.28. The minimum Gasteiger partial charge on any atom is -0.493 e. The maximum absolute atomic E-state index is 12.5. The van der Waals surface area contributed by atoms with Crippen LogP contribution in [0.3, 0.4) is 0 Å². The van der Waals surface area contributed by atoms with Crippen LogP contribution in [0.5, 0.6) is 11.5 Å². The summed E-state index contributed by atoms with van der Waals surface area (Å²) in [6.07, 6.45) is 3.86. The van der Waals surface area contributed by atoms with Crippen molar-refractivity contribution in [1.82, 2.24) is 14.9 Å². The Morgan fingerprint density at radius 2 is 1.93 bits per heavy atom. The number of rotatable bonds is 7. The second kappa shape index (κ2) is 8.55. The average Bonchev–Trinajstić information content (AvgIpc) is 2.97. The van der Waals surface area contributed by atoms with E-state index in [1.54, 1.807) is 14.2 Å². The molecule has 7 heteroatoms. The number of fused-ring (bicyclic) bond motifs is 3. The number of aromatic nitrogens is 2. The zero-order valence-electron chi connectivity index (χ0n) is 17.4. The quantitative estimate of drug-likeness (QED) is 0.720. The fourth-order valence-electron chi connectivity index (χ4n) is 4.60. The van der Waals surface area contributed by atoms with Crippen molar-refractivity contribution in [2.24, 2.45) is 0 Å². The molecule has 1 fully saturated rings. The van der Waals surface area contributed by atoms with E-state index in [1.807, 2.05) is 13.0 Å². The molecule has 4 rings (SSSR count). The molecule has 156 valence electrons. The van der Waals surface area contributed by atoms with Gasteiger partial charge in [0.2, 0.25) is 0 Å². The van der Waals surface area contributed by atoms with Gasteiger partial charge in [0.15, 0.2) is 11.5 Å². The van der Waals surface area contributed by atoms with E-state index in [4.69, 9.17) is 14.2 Å². The molecule has 1 saturated heterocycles. The molecule has 2 aliphatic heterocycles. The number of methoxy groups -OCH3 is 2. The Bertz CT molecular complexity index is 927. The highest BCUT2D eigenvalue weighted by Crippen LogP contribution is 2.35. The molecule has 0 spiro atoms. The van der Waals surface area contributed by atoms with E-state index >= 15 is 0 Å². The minimum atomic E-state index is 0.0262. The van der Waals surface area contributed by atoms with E-state index < -0.39 is 0 Å². The number of nitrogens with zero attached hydrogens (tertiary/aromatic N) is 2. The van der Waals surface area contributed by atoms with Crippen LogP contribution < -0.4 is 15.0 Å². The first-order chi connectivity index (χ1) is 14.1. The van der Waals surface area contributed by atoms with E-state index in [1.165, 1.54) is 5.56 Å². The predicted octanol–water partition coefficient (Wildman–Crippen LogP) is 2.24. The number of aromatic amines is 1. The molecule has 0 saturated carbocycles. The SMILES string of the molecule is COCCOc1cc(CN2[C@H]3CC[C@H]2Cc2c(nc(C)[nH]c2=O)C3)ccc1OC. The molecule has 0 amide bonds. The van der Waals surface area contributed by atoms with E-state index in [0.717, 1.165) is 55.0 Å². The van der Waals surface area contributed by atoms with Gasteiger partial charge in [-0.25, -0.2) is 4.98 Å². The molecule has 0 aliphatic carbocycles. The van der Waals surface area contributed by atoms with Gasteiger partial charge in [0.1, 0.15) is 12.4 Å². The molecule has 2 bridgehead atoms. The van der Waals surface area contributed by atoms with Crippen LogP contribution in [0.4, 0.5) is 0 Å². The number of ether oxygens (including phenoxy) is 3. The largest absolute Gasteiger partial charge is 0.493 e. The van der Waals surface area contributed by atoms with E-state index in [9.17, 15) is 4.79 Å². The molecule has 1 aromatic carbocycles. The summed E-state index contributed by atoms with van der Waals surface area (Å²) < 4.78 is 16.4. The highest BCUT2D eigenvalue weighted by atomic mass is 16.5. The monoisotopic (exact) mass is 399 g/mol. The summed E-state index contributed by atoms with van der Waals surface area (Å²) in [5.74, 6) is 2.16. The summed E-state index contributed by atoms with van der Waals surface area (Å²) in [5.41, 5.74) is 3.05. The van der Waals surface area contributed by atoms with Crippen LogP contribution in [0, 0.1) is 6.92 Å². The Labute approximate surface area is 171 Å². The lowest BCUT2D eigenvalue weighted by molar-refractivity contribution is 0.144. The van der Waals surface area contributed by atoms with Crippen molar-refractivity contribution in [3.05, 3.63) is 51.2 Å². The Balaban J connectivity index is 1.55. The zero-order valence-corrected chi connectivity index (χ0v) is 17.4. The maximum atomic E-state index is 12.5. The van der Waals surface area contributed by atoms with Gasteiger partial charge in [-0.15, -0.1) is 0 Å². The number of hydrogen-bond acceptors (Lipinski definition) is 6. The first kappa shape index (κ1) is 19.9. The third kappa shape index (κ3) is 4.16. The van der Waals surface area contributed by atoms with Crippen LogP contribution in [0.25, 0.3) is 0 Å². The number of hydrogen-bond donors (Lipinski definition) is 1. The van der Waals surface area contributed by atoms with Crippen molar-refractivity contribution in [2.75, 3.05) is 27.4 Å². The molecule has 2 atom stereocenters. The molecule has 29 heavy (non-hydrogen) atoms. The molecular weight excluding hydrogens is 370 g/mol. The Morgan fingerprint density at radius 3 is 2.69 bits per heavy atom. The zero-order chi connectivity index (χ0) is 20.4. The van der Waals surface area contributed by atoms with Crippen molar-refractivity contribution in [3.63, 3.8) is 0 Å². The van der Waals surface area contributed by atoms with Crippen LogP contribution in [-0.2, 0) is 24.1 Å². The molecule has 0 radical (unpaired) electrons. The summed E-state index contributed by atoms with van der Waals surface area (Å²) in [5, 5.41) is 0. The van der Waals surface area contributed by atoms with Crippen LogP contribution in [0.2, 0.25) is 0 Å². The Kier molecular flexibility index (Phi) is 5.87. The number of nitrogens with one attached hydrogen (secondary N) is 1. The molecule has 1 N–H and O–H groups in total. The third-order valence-corrected chi connectivity index (χ3v) is 6.00. The van der Waals surface area contributed by atoms with E-state index in [-0.39, 0.29) is 5.56 Å². The van der Waals surface area contributed by atoms with Gasteiger partial charge in [-0.1, -0.05) is 6.07 Å². The number of H-pyrrole nitrogens is 1. The van der Waals surface area contributed by atoms with Gasteiger partial charge >= 0.3 is 0 Å². The second-order valence-electron chi connectivity index (χ2n) is 7.87. The summed E-state index contributed by atoms with van der Waals surface area (Å²) in [6.45, 7) is 3.69. The van der Waals surface area contributed by atoms with Crippen LogP contribution in [-0.4, -0.2) is 54.4 Å². The predicted molar refractivity (Wildman–Crippen MR) is 110 cm³/mol. The maximum Gasteiger partial charge on any atom is 0.254 e. The van der Waals surface area contributed by atoms with Crippen LogP contribution in [0.1, 0.15) is 35.5 Å². The first-order valence-corrected chi connectivity index (χ1v) is 10.2. The first-order valence-electron chi connectivity index (χ1n) is 10.2. The van der Waals surface area contributed by atoms with Gasteiger partial charge in [-0.05, 0) is 43.9 Å². The van der Waals surface area contributed by atoms with Crippen molar-refractivity contribution in [1.29, 1.82) is 0 Å². The standard InChI is InChI=1S/C22H29N3O4/c1-14-23-19-12-17-6-5-16(11-18(19)22(26)24-14)25(17)13-15-4-7-20(28-3)21(10-15)29-9-8-27-2/h4,7,10,16-17H,5-6,8-9,11-13H2,1-3H3,(H,23,24,26)/t16-,17-/m0/s1. The fourth-order valence-corrected chi connectivity index (χ4v) is 4.60. The Morgan fingerprint density at radius 1 is 1.14 bits per heavy atom. The third-order valence-electron chi connectivity index (χ3n) is 6.00. The van der Waals surface area contributed by atoms with Gasteiger partial charge in [0.25, 0.3) is 5.56 Å². The second-order valence-corrected chi connectivity index (χ2v) is 7.87. The number of benzene rings is 1. The summed E-state index contributed by atoms with van der Waals surface area (Å²) in [7, 11) is 3.31. The molecule has 3 heterocycles. The summed E-state index contributed by atoms with van der Waals surface area (Å²) >= 11 is 0. The lowest BCUT2D eigenvalue weighted by Crippen LogP contribution is -2.36. The normalized spacial score (nSPS) is 20.9. The molecule has 0 unspecified atom stereocenters. The van der Waals surface area contributed by atoms with Gasteiger partial charge in [-0.2, -0.15) is 0 Å². The molecule has 2 aliphatic rings. The van der Waals surface area contributed by atoms with Crippen LogP contribution in [0.15, 0.2) is 23.0 Å². The molecule has 2 aromatic rings. The average molecular weight is 399 g/mol. The minimum absolute atomic E-state index is 0.0262. The molecule has 7 nitrogen and oxygen atoms in total. The summed E-state index contributed by atoms with van der Waals surface area (Å²) in [6, 6.07) is 6.89.